The number of nitrogens with zero attached hydrogens (tertiary/aromatic N) is 3. The predicted octanol–water partition coefficient (Wildman–Crippen LogP) is 7.02. The van der Waals surface area contributed by atoms with Gasteiger partial charge >= 0.3 is 18.2 Å². The van der Waals surface area contributed by atoms with Crippen molar-refractivity contribution in [2.24, 2.45) is 0 Å². The number of carbonyl (C=O) groups is 3. The number of rotatable bonds is 5. The van der Waals surface area contributed by atoms with Crippen LogP contribution >= 0.6 is 0 Å². The lowest BCUT2D eigenvalue weighted by Gasteiger charge is -2.27. The molecule has 35 heavy (non-hydrogen) atoms. The molecule has 9 heteroatoms. The zero-order valence-electron chi connectivity index (χ0n) is 19.0. The van der Waals surface area contributed by atoms with E-state index in [1.807, 2.05) is 0 Å². The van der Waals surface area contributed by atoms with Crippen molar-refractivity contribution >= 4 is 40.6 Å². The summed E-state index contributed by atoms with van der Waals surface area (Å²) in [6.07, 6.45) is -4.42. The third-order valence-electron chi connectivity index (χ3n) is 5.72. The van der Waals surface area contributed by atoms with Crippen LogP contribution < -0.4 is 14.7 Å². The number of Topliss-reactive ketones (excluding diaryl/α,β-unsaturated/α-hetero) is 1. The summed E-state index contributed by atoms with van der Waals surface area (Å²) in [4.78, 5) is 43.1. The molecule has 0 radical (unpaired) electrons. The second-order valence-corrected chi connectivity index (χ2v) is 7.84. The number of anilines is 4. The van der Waals surface area contributed by atoms with Crippen molar-refractivity contribution < 1.29 is 27.6 Å². The van der Waals surface area contributed by atoms with Crippen LogP contribution in [0.25, 0.3) is 0 Å². The third kappa shape index (κ3) is 4.37. The summed E-state index contributed by atoms with van der Waals surface area (Å²) in [7, 11) is 0. The monoisotopic (exact) mass is 481 g/mol. The fraction of sp³-hybridized carbons (Fsp3) is 0.192. The van der Waals surface area contributed by atoms with Gasteiger partial charge in [0, 0.05) is 18.5 Å². The van der Waals surface area contributed by atoms with Gasteiger partial charge in [-0.15, -0.1) is 0 Å². The molecule has 3 aromatic carbocycles. The maximum atomic E-state index is 13.9. The summed E-state index contributed by atoms with van der Waals surface area (Å²) in [5.74, 6) is -0.174. The molecule has 1 aliphatic heterocycles. The van der Waals surface area contributed by atoms with E-state index in [-0.39, 0.29) is 41.5 Å². The number of fused-ring (bicyclic) bond motifs is 1. The van der Waals surface area contributed by atoms with Crippen LogP contribution in [-0.4, -0.2) is 24.4 Å². The Morgan fingerprint density at radius 2 is 1.46 bits per heavy atom. The molecule has 0 N–H and O–H groups in total. The summed E-state index contributed by atoms with van der Waals surface area (Å²) >= 11 is 0. The molecule has 1 aliphatic rings. The normalized spacial score (nSPS) is 14.1. The van der Waals surface area contributed by atoms with Gasteiger partial charge in [0.1, 0.15) is 0 Å². The van der Waals surface area contributed by atoms with Gasteiger partial charge in [0.05, 0.1) is 28.3 Å². The molecule has 0 atom stereocenters. The van der Waals surface area contributed by atoms with Crippen molar-refractivity contribution in [3.05, 3.63) is 83.9 Å². The van der Waals surface area contributed by atoms with Crippen LogP contribution in [0, 0.1) is 0 Å². The largest absolute Gasteiger partial charge is 0.416 e. The molecule has 0 saturated carbocycles. The van der Waals surface area contributed by atoms with E-state index in [0.717, 1.165) is 21.9 Å². The number of ketones is 1. The molecule has 0 aromatic heterocycles. The smallest absolute Gasteiger partial charge is 0.294 e. The van der Waals surface area contributed by atoms with E-state index in [4.69, 9.17) is 0 Å². The number of alkyl halides is 3. The molecule has 4 amide bonds. The first-order chi connectivity index (χ1) is 16.7. The van der Waals surface area contributed by atoms with Gasteiger partial charge in [0.25, 0.3) is 0 Å². The van der Waals surface area contributed by atoms with Crippen LogP contribution in [0.4, 0.5) is 45.5 Å². The summed E-state index contributed by atoms with van der Waals surface area (Å²) in [5, 5.41) is 0. The molecular weight excluding hydrogens is 459 g/mol. The quantitative estimate of drug-likeness (QED) is 0.368. The molecule has 1 heterocycles. The second kappa shape index (κ2) is 9.25. The molecule has 3 aromatic rings. The van der Waals surface area contributed by atoms with Gasteiger partial charge in [-0.2, -0.15) is 13.2 Å². The number of carbonyl (C=O) groups excluding carboxylic acids is 3. The Balaban J connectivity index is 1.98. The summed E-state index contributed by atoms with van der Waals surface area (Å²) in [6.45, 7) is 3.45. The molecule has 0 unspecified atom stereocenters. The molecule has 4 rings (SSSR count). The van der Waals surface area contributed by atoms with Crippen molar-refractivity contribution in [3.63, 3.8) is 0 Å². The Morgan fingerprint density at radius 1 is 0.771 bits per heavy atom. The summed E-state index contributed by atoms with van der Waals surface area (Å²) in [5.41, 5.74) is -0.115. The first-order valence-corrected chi connectivity index (χ1v) is 11.0. The molecule has 6 nitrogen and oxygen atoms in total. The van der Waals surface area contributed by atoms with E-state index >= 15 is 0 Å². The van der Waals surface area contributed by atoms with Crippen molar-refractivity contribution in [3.8, 4) is 0 Å². The highest BCUT2D eigenvalue weighted by atomic mass is 19.4. The van der Waals surface area contributed by atoms with Crippen LogP contribution in [0.15, 0.2) is 72.8 Å². The van der Waals surface area contributed by atoms with Crippen LogP contribution in [0.2, 0.25) is 0 Å². The maximum Gasteiger partial charge on any atom is 0.416 e. The Labute approximate surface area is 200 Å². The van der Waals surface area contributed by atoms with Gasteiger partial charge in [-0.1, -0.05) is 37.3 Å². The molecule has 0 fully saturated rings. The van der Waals surface area contributed by atoms with E-state index in [9.17, 15) is 27.6 Å². The van der Waals surface area contributed by atoms with Crippen molar-refractivity contribution in [2.45, 2.75) is 26.4 Å². The minimum absolute atomic E-state index is 0.0745. The molecule has 0 saturated heterocycles. The minimum atomic E-state index is -4.65. The minimum Gasteiger partial charge on any atom is -0.294 e. The molecule has 0 spiro atoms. The SMILES string of the molecule is CCC(=O)c1cccc(N2C(=O)N(CC)c3ccc(C(F)(F)F)cc3N(c3ccccc3)C2=O)c1. The van der Waals surface area contributed by atoms with Gasteiger partial charge in [0.15, 0.2) is 5.78 Å². The Hall–Kier alpha value is -4.14. The first-order valence-electron chi connectivity index (χ1n) is 11.0. The van der Waals surface area contributed by atoms with Crippen molar-refractivity contribution in [1.82, 2.24) is 0 Å². The summed E-state index contributed by atoms with van der Waals surface area (Å²) in [6, 6.07) is 15.6. The second-order valence-electron chi connectivity index (χ2n) is 7.84. The number of hydrogen-bond acceptors (Lipinski definition) is 3. The van der Waals surface area contributed by atoms with Gasteiger partial charge in [-0.25, -0.2) is 14.5 Å². The average Bonchev–Trinajstić information content (AvgIpc) is 2.94. The van der Waals surface area contributed by atoms with Crippen LogP contribution in [0.1, 0.15) is 36.2 Å². The number of para-hydroxylation sites is 1. The zero-order chi connectivity index (χ0) is 25.3. The van der Waals surface area contributed by atoms with Crippen LogP contribution in [0.5, 0.6) is 0 Å². The van der Waals surface area contributed by atoms with Gasteiger partial charge in [-0.05, 0) is 49.4 Å². The lowest BCUT2D eigenvalue weighted by Crippen LogP contribution is -2.48. The number of benzene rings is 3. The van der Waals surface area contributed by atoms with E-state index in [1.54, 1.807) is 56.3 Å². The highest BCUT2D eigenvalue weighted by molar-refractivity contribution is 6.28. The van der Waals surface area contributed by atoms with Gasteiger partial charge in [0.2, 0.25) is 0 Å². The topological polar surface area (TPSA) is 60.9 Å². The van der Waals surface area contributed by atoms with Gasteiger partial charge < -0.3 is 0 Å². The number of amides is 4. The first kappa shape index (κ1) is 24.0. The number of imide groups is 1. The number of halogens is 3. The van der Waals surface area contributed by atoms with E-state index in [2.05, 4.69) is 0 Å². The zero-order valence-corrected chi connectivity index (χ0v) is 19.0. The molecular formula is C26H22F3N3O3. The standard InChI is InChI=1S/C26H22F3N3O3/c1-3-23(33)17-9-8-12-20(15-17)32-24(34)30(4-2)21-14-13-18(26(27,28)29)16-22(21)31(25(32)35)19-10-6-5-7-11-19/h5-16H,3-4H2,1-2H3. The van der Waals surface area contributed by atoms with Gasteiger partial charge in [-0.3, -0.25) is 14.6 Å². The predicted molar refractivity (Wildman–Crippen MR) is 127 cm³/mol. The fourth-order valence-corrected chi connectivity index (χ4v) is 3.99. The molecule has 180 valence electrons. The van der Waals surface area contributed by atoms with Crippen molar-refractivity contribution in [1.29, 1.82) is 0 Å². The maximum absolute atomic E-state index is 13.9. The van der Waals surface area contributed by atoms with E-state index in [1.165, 1.54) is 23.1 Å². The van der Waals surface area contributed by atoms with Crippen molar-refractivity contribution in [2.75, 3.05) is 21.2 Å². The van der Waals surface area contributed by atoms with E-state index in [0.29, 0.717) is 5.56 Å². The van der Waals surface area contributed by atoms with Crippen LogP contribution in [-0.2, 0) is 6.18 Å². The number of urea groups is 2. The Bertz CT molecular complexity index is 1290. The van der Waals surface area contributed by atoms with Crippen LogP contribution in [0.3, 0.4) is 0 Å². The lowest BCUT2D eigenvalue weighted by molar-refractivity contribution is -0.137. The highest BCUT2D eigenvalue weighted by Gasteiger charge is 2.41. The third-order valence-corrected chi connectivity index (χ3v) is 5.72. The molecule has 0 aliphatic carbocycles. The number of hydrogen-bond donors (Lipinski definition) is 0. The molecule has 0 bridgehead atoms. The average molecular weight is 481 g/mol. The van der Waals surface area contributed by atoms with E-state index < -0.39 is 23.8 Å². The lowest BCUT2D eigenvalue weighted by atomic mass is 10.1. The summed E-state index contributed by atoms with van der Waals surface area (Å²) < 4.78 is 40.8. The Morgan fingerprint density at radius 3 is 2.09 bits per heavy atom. The fourth-order valence-electron chi connectivity index (χ4n) is 3.99. The highest BCUT2D eigenvalue weighted by Crippen LogP contribution is 2.43. The Kier molecular flexibility index (Phi) is 6.34.